The number of hydrogen-bond donors (Lipinski definition) is 0. The molecule has 1 aromatic heterocycles. The number of pyridine rings is 1. The average molecular weight is 275 g/mol. The number of hydrogen-bond acceptors (Lipinski definition) is 1. The van der Waals surface area contributed by atoms with E-state index in [-0.39, 0.29) is 5.43 Å². The van der Waals surface area contributed by atoms with Gasteiger partial charge in [0.05, 0.1) is 5.52 Å². The zero-order valence-electron chi connectivity index (χ0n) is 11.9. The summed E-state index contributed by atoms with van der Waals surface area (Å²) in [5.41, 5.74) is 5.14. The minimum atomic E-state index is 0.0832. The summed E-state index contributed by atoms with van der Waals surface area (Å²) in [6.45, 7) is 0. The first-order valence-electron chi connectivity index (χ1n) is 7.55. The third kappa shape index (κ3) is 2.07. The van der Waals surface area contributed by atoms with Gasteiger partial charge < -0.3 is 4.57 Å². The summed E-state index contributed by atoms with van der Waals surface area (Å²) in [5.74, 6) is 0. The Morgan fingerprint density at radius 2 is 1.67 bits per heavy atom. The van der Waals surface area contributed by atoms with Gasteiger partial charge in [0.15, 0.2) is 5.43 Å². The van der Waals surface area contributed by atoms with Gasteiger partial charge in [-0.05, 0) is 61.1 Å². The number of aromatic nitrogens is 1. The Morgan fingerprint density at radius 1 is 0.857 bits per heavy atom. The largest absolute Gasteiger partial charge is 0.316 e. The topological polar surface area (TPSA) is 22.0 Å². The number of aryl methyl sites for hydroxylation is 2. The van der Waals surface area contributed by atoms with Crippen LogP contribution in [0.4, 0.5) is 0 Å². The fourth-order valence-corrected chi connectivity index (χ4v) is 3.30. The quantitative estimate of drug-likeness (QED) is 0.661. The van der Waals surface area contributed by atoms with Crippen molar-refractivity contribution in [2.75, 3.05) is 0 Å². The Labute approximate surface area is 123 Å². The lowest BCUT2D eigenvalue weighted by Crippen LogP contribution is -2.08. The summed E-state index contributed by atoms with van der Waals surface area (Å²) < 4.78 is 2.12. The van der Waals surface area contributed by atoms with Gasteiger partial charge in [0.1, 0.15) is 0 Å². The third-order valence-electron chi connectivity index (χ3n) is 4.41. The van der Waals surface area contributed by atoms with E-state index in [0.717, 1.165) is 16.6 Å². The van der Waals surface area contributed by atoms with Crippen molar-refractivity contribution in [2.45, 2.75) is 25.7 Å². The predicted octanol–water partition coefficient (Wildman–Crippen LogP) is 3.87. The molecule has 0 amide bonds. The lowest BCUT2D eigenvalue weighted by molar-refractivity contribution is 0.685. The van der Waals surface area contributed by atoms with Crippen LogP contribution >= 0.6 is 0 Å². The van der Waals surface area contributed by atoms with Crippen molar-refractivity contribution in [3.8, 4) is 5.69 Å². The molecular formula is C19H17NO. The summed E-state index contributed by atoms with van der Waals surface area (Å²) in [6, 6.07) is 16.2. The molecule has 1 heterocycles. The molecule has 0 saturated heterocycles. The zero-order valence-corrected chi connectivity index (χ0v) is 11.9. The van der Waals surface area contributed by atoms with Gasteiger partial charge in [-0.25, -0.2) is 0 Å². The molecule has 4 rings (SSSR count). The number of para-hydroxylation sites is 1. The number of benzene rings is 2. The molecule has 2 heteroatoms. The van der Waals surface area contributed by atoms with Crippen LogP contribution in [0.15, 0.2) is 59.5 Å². The van der Waals surface area contributed by atoms with Gasteiger partial charge >= 0.3 is 0 Å². The monoisotopic (exact) mass is 275 g/mol. The second-order valence-corrected chi connectivity index (χ2v) is 5.73. The fourth-order valence-electron chi connectivity index (χ4n) is 3.30. The normalized spacial score (nSPS) is 14.1. The van der Waals surface area contributed by atoms with Gasteiger partial charge in [0.25, 0.3) is 0 Å². The van der Waals surface area contributed by atoms with Crippen molar-refractivity contribution in [1.82, 2.24) is 4.57 Å². The van der Waals surface area contributed by atoms with Crippen molar-refractivity contribution < 1.29 is 0 Å². The summed E-state index contributed by atoms with van der Waals surface area (Å²) in [5, 5.41) is 0.776. The second-order valence-electron chi connectivity index (χ2n) is 5.73. The molecule has 0 aliphatic heterocycles. The summed E-state index contributed by atoms with van der Waals surface area (Å²) in [4.78, 5) is 12.0. The van der Waals surface area contributed by atoms with Gasteiger partial charge in [-0.3, -0.25) is 4.79 Å². The minimum Gasteiger partial charge on any atom is -0.316 e. The Balaban J connectivity index is 1.95. The van der Waals surface area contributed by atoms with Crippen LogP contribution in [0.5, 0.6) is 0 Å². The van der Waals surface area contributed by atoms with Crippen molar-refractivity contribution in [2.24, 2.45) is 0 Å². The van der Waals surface area contributed by atoms with Crippen LogP contribution in [0.2, 0.25) is 0 Å². The van der Waals surface area contributed by atoms with E-state index in [2.05, 4.69) is 22.8 Å². The van der Waals surface area contributed by atoms with E-state index in [4.69, 9.17) is 0 Å². The Kier molecular flexibility index (Phi) is 2.88. The van der Waals surface area contributed by atoms with Crippen molar-refractivity contribution >= 4 is 10.9 Å². The Morgan fingerprint density at radius 3 is 2.57 bits per heavy atom. The summed E-state index contributed by atoms with van der Waals surface area (Å²) >= 11 is 0. The molecule has 0 spiro atoms. The molecule has 2 nitrogen and oxygen atoms in total. The van der Waals surface area contributed by atoms with Crippen LogP contribution in [-0.2, 0) is 12.8 Å². The molecule has 1 aliphatic rings. The number of fused-ring (bicyclic) bond motifs is 2. The lowest BCUT2D eigenvalue weighted by atomic mass is 9.91. The van der Waals surface area contributed by atoms with E-state index in [0.29, 0.717) is 0 Å². The summed E-state index contributed by atoms with van der Waals surface area (Å²) in [7, 11) is 0. The molecule has 0 fully saturated rings. The first-order chi connectivity index (χ1) is 10.3. The van der Waals surface area contributed by atoms with Gasteiger partial charge in [0, 0.05) is 23.3 Å². The Bertz CT molecular complexity index is 876. The van der Waals surface area contributed by atoms with E-state index < -0.39 is 0 Å². The maximum Gasteiger partial charge on any atom is 0.189 e. The van der Waals surface area contributed by atoms with E-state index in [1.165, 1.54) is 36.8 Å². The molecule has 3 aromatic rings. The predicted molar refractivity (Wildman–Crippen MR) is 86.2 cm³/mol. The van der Waals surface area contributed by atoms with Crippen molar-refractivity contribution in [1.29, 1.82) is 0 Å². The minimum absolute atomic E-state index is 0.0832. The maximum atomic E-state index is 12.0. The highest BCUT2D eigenvalue weighted by atomic mass is 16.1. The van der Waals surface area contributed by atoms with Crippen molar-refractivity contribution in [3.05, 3.63) is 76.1 Å². The Hall–Kier alpha value is -2.35. The van der Waals surface area contributed by atoms with E-state index in [9.17, 15) is 4.79 Å². The highest BCUT2D eigenvalue weighted by molar-refractivity contribution is 5.80. The molecule has 0 unspecified atom stereocenters. The van der Waals surface area contributed by atoms with Crippen LogP contribution in [0, 0.1) is 0 Å². The van der Waals surface area contributed by atoms with E-state index >= 15 is 0 Å². The van der Waals surface area contributed by atoms with Crippen molar-refractivity contribution in [3.63, 3.8) is 0 Å². The average Bonchev–Trinajstić information content (AvgIpc) is 2.55. The molecule has 1 aliphatic carbocycles. The van der Waals surface area contributed by atoms with Crippen LogP contribution in [0.3, 0.4) is 0 Å². The molecular weight excluding hydrogens is 258 g/mol. The molecule has 0 saturated carbocycles. The summed E-state index contributed by atoms with van der Waals surface area (Å²) in [6.07, 6.45) is 6.83. The highest BCUT2D eigenvalue weighted by Crippen LogP contribution is 2.25. The van der Waals surface area contributed by atoms with Gasteiger partial charge in [-0.2, -0.15) is 0 Å². The third-order valence-corrected chi connectivity index (χ3v) is 4.41. The molecule has 0 N–H and O–H groups in total. The maximum absolute atomic E-state index is 12.0. The zero-order chi connectivity index (χ0) is 14.2. The fraction of sp³-hybridized carbons (Fsp3) is 0.211. The molecule has 0 radical (unpaired) electrons. The van der Waals surface area contributed by atoms with E-state index in [1.54, 1.807) is 6.07 Å². The van der Waals surface area contributed by atoms with Crippen LogP contribution in [-0.4, -0.2) is 4.57 Å². The molecule has 0 bridgehead atoms. The molecule has 21 heavy (non-hydrogen) atoms. The van der Waals surface area contributed by atoms with Crippen LogP contribution in [0.1, 0.15) is 24.0 Å². The number of nitrogens with zero attached hydrogens (tertiary/aromatic N) is 1. The standard InChI is InChI=1S/C19H17NO/c21-19-11-12-20(18-8-4-3-7-17(18)19)16-10-9-14-5-1-2-6-15(14)13-16/h3-4,7-13H,1-2,5-6H2. The highest BCUT2D eigenvalue weighted by Gasteiger charge is 2.11. The van der Waals surface area contributed by atoms with Crippen LogP contribution in [0.25, 0.3) is 16.6 Å². The lowest BCUT2D eigenvalue weighted by Gasteiger charge is -2.18. The molecule has 104 valence electrons. The second kappa shape index (κ2) is 4.88. The number of rotatable bonds is 1. The molecule has 0 atom stereocenters. The van der Waals surface area contributed by atoms with Gasteiger partial charge in [-0.1, -0.05) is 18.2 Å². The van der Waals surface area contributed by atoms with Crippen LogP contribution < -0.4 is 5.43 Å². The first kappa shape index (κ1) is 12.4. The van der Waals surface area contributed by atoms with Gasteiger partial charge in [-0.15, -0.1) is 0 Å². The first-order valence-corrected chi connectivity index (χ1v) is 7.55. The van der Waals surface area contributed by atoms with E-state index in [1.807, 2.05) is 30.5 Å². The SMILES string of the molecule is O=c1ccn(-c2ccc3c(c2)CCCC3)c2ccccc12. The smallest absolute Gasteiger partial charge is 0.189 e. The van der Waals surface area contributed by atoms with Gasteiger partial charge in [0.2, 0.25) is 0 Å². The molecule has 2 aromatic carbocycles.